The predicted octanol–water partition coefficient (Wildman–Crippen LogP) is 1.57. The van der Waals surface area contributed by atoms with Crippen LogP contribution < -0.4 is 15.8 Å². The highest BCUT2D eigenvalue weighted by molar-refractivity contribution is 5.53. The average Bonchev–Trinajstić information content (AvgIpc) is 2.81. The zero-order chi connectivity index (χ0) is 13.9. The van der Waals surface area contributed by atoms with Gasteiger partial charge in [-0.05, 0) is 32.9 Å². The second-order valence-electron chi connectivity index (χ2n) is 5.09. The van der Waals surface area contributed by atoms with E-state index in [1.54, 1.807) is 12.1 Å². The summed E-state index contributed by atoms with van der Waals surface area (Å²) >= 11 is 0. The molecular formula is C12H18N6O. The number of nitrogens with two attached hydrogens (primary N) is 1. The van der Waals surface area contributed by atoms with Crippen LogP contribution >= 0.6 is 0 Å². The minimum atomic E-state index is -0.343. The molecule has 19 heavy (non-hydrogen) atoms. The summed E-state index contributed by atoms with van der Waals surface area (Å²) in [5.41, 5.74) is 6.02. The van der Waals surface area contributed by atoms with Crippen LogP contribution in [0, 0.1) is 0 Å². The molecule has 0 aliphatic heterocycles. The van der Waals surface area contributed by atoms with Gasteiger partial charge in [-0.15, -0.1) is 0 Å². The first-order chi connectivity index (χ1) is 8.94. The number of hydrogen-bond donors (Lipinski definition) is 3. The number of aromatic nitrogens is 4. The molecule has 0 spiro atoms. The first-order valence-electron chi connectivity index (χ1n) is 5.98. The maximum Gasteiger partial charge on any atom is 0.239 e. The monoisotopic (exact) mass is 262 g/mol. The van der Waals surface area contributed by atoms with Crippen LogP contribution in [0.1, 0.15) is 26.6 Å². The molecule has 0 aromatic carbocycles. The standard InChI is InChI=1S/C12H18N6O/c1-12(2,3)19-11-8(13)4-5-9(17-11)14-6-10-15-7-16-18-10/h4-5,7H,6,13H2,1-3H3,(H,14,17)(H,15,16,18). The van der Waals surface area contributed by atoms with Crippen molar-refractivity contribution in [3.63, 3.8) is 0 Å². The SMILES string of the molecule is CC(C)(C)Oc1nc(NCc2ncn[nH]2)ccc1N. The smallest absolute Gasteiger partial charge is 0.239 e. The Balaban J connectivity index is 2.07. The van der Waals surface area contributed by atoms with E-state index < -0.39 is 0 Å². The van der Waals surface area contributed by atoms with Crippen LogP contribution in [-0.2, 0) is 6.54 Å². The summed E-state index contributed by atoms with van der Waals surface area (Å²) in [6.07, 6.45) is 1.46. The van der Waals surface area contributed by atoms with Crippen molar-refractivity contribution in [1.82, 2.24) is 20.2 Å². The van der Waals surface area contributed by atoms with Gasteiger partial charge in [0.2, 0.25) is 5.88 Å². The maximum atomic E-state index is 5.84. The Morgan fingerprint density at radius 3 is 2.79 bits per heavy atom. The fraction of sp³-hybridized carbons (Fsp3) is 0.417. The van der Waals surface area contributed by atoms with Gasteiger partial charge in [-0.1, -0.05) is 0 Å². The lowest BCUT2D eigenvalue weighted by Gasteiger charge is -2.21. The third-order valence-electron chi connectivity index (χ3n) is 2.19. The summed E-state index contributed by atoms with van der Waals surface area (Å²) < 4.78 is 5.70. The number of aromatic amines is 1. The molecule has 2 rings (SSSR count). The molecule has 0 radical (unpaired) electrons. The highest BCUT2D eigenvalue weighted by atomic mass is 16.5. The molecule has 0 saturated carbocycles. The number of H-pyrrole nitrogens is 1. The van der Waals surface area contributed by atoms with Crippen molar-refractivity contribution in [2.75, 3.05) is 11.1 Å². The zero-order valence-corrected chi connectivity index (χ0v) is 11.3. The Labute approximate surface area is 111 Å². The molecule has 2 aromatic heterocycles. The Kier molecular flexibility index (Phi) is 3.55. The molecule has 7 nitrogen and oxygen atoms in total. The number of anilines is 2. The van der Waals surface area contributed by atoms with Crippen molar-refractivity contribution in [3.05, 3.63) is 24.3 Å². The van der Waals surface area contributed by atoms with Crippen LogP contribution in [0.15, 0.2) is 18.5 Å². The van der Waals surface area contributed by atoms with E-state index in [9.17, 15) is 0 Å². The van der Waals surface area contributed by atoms with E-state index in [0.29, 0.717) is 23.9 Å². The van der Waals surface area contributed by atoms with E-state index in [1.165, 1.54) is 6.33 Å². The lowest BCUT2D eigenvalue weighted by molar-refractivity contribution is 0.125. The first kappa shape index (κ1) is 13.1. The molecule has 0 aliphatic rings. The Morgan fingerprint density at radius 1 is 1.37 bits per heavy atom. The van der Waals surface area contributed by atoms with Gasteiger partial charge in [0.25, 0.3) is 0 Å². The number of nitrogens with zero attached hydrogens (tertiary/aromatic N) is 3. The summed E-state index contributed by atoms with van der Waals surface area (Å²) in [4.78, 5) is 8.35. The molecule has 0 unspecified atom stereocenters. The van der Waals surface area contributed by atoms with Crippen molar-refractivity contribution in [2.45, 2.75) is 32.9 Å². The minimum absolute atomic E-state index is 0.343. The van der Waals surface area contributed by atoms with Gasteiger partial charge in [0.05, 0.1) is 12.2 Å². The largest absolute Gasteiger partial charge is 0.470 e. The zero-order valence-electron chi connectivity index (χ0n) is 11.3. The minimum Gasteiger partial charge on any atom is -0.470 e. The summed E-state index contributed by atoms with van der Waals surface area (Å²) in [6.45, 7) is 6.35. The number of rotatable bonds is 4. The quantitative estimate of drug-likeness (QED) is 0.773. The van der Waals surface area contributed by atoms with Gasteiger partial charge in [-0.3, -0.25) is 5.10 Å². The van der Waals surface area contributed by atoms with Crippen LogP contribution in [-0.4, -0.2) is 25.8 Å². The second kappa shape index (κ2) is 5.13. The van der Waals surface area contributed by atoms with Gasteiger partial charge in [0, 0.05) is 0 Å². The fourth-order valence-corrected chi connectivity index (χ4v) is 1.41. The summed E-state index contributed by atoms with van der Waals surface area (Å²) in [7, 11) is 0. The average molecular weight is 262 g/mol. The predicted molar refractivity (Wildman–Crippen MR) is 72.7 cm³/mol. The Hall–Kier alpha value is -2.31. The molecule has 0 atom stereocenters. The molecule has 0 amide bonds. The molecule has 0 bridgehead atoms. The van der Waals surface area contributed by atoms with Crippen LogP contribution in [0.3, 0.4) is 0 Å². The molecule has 0 saturated heterocycles. The number of nitrogens with one attached hydrogen (secondary N) is 2. The maximum absolute atomic E-state index is 5.84. The lowest BCUT2D eigenvalue weighted by Crippen LogP contribution is -2.24. The van der Waals surface area contributed by atoms with Crippen molar-refractivity contribution < 1.29 is 4.74 Å². The number of ether oxygens (including phenoxy) is 1. The van der Waals surface area contributed by atoms with E-state index >= 15 is 0 Å². The highest BCUT2D eigenvalue weighted by Crippen LogP contribution is 2.24. The number of hydrogen-bond acceptors (Lipinski definition) is 6. The van der Waals surface area contributed by atoms with Crippen LogP contribution in [0.4, 0.5) is 11.5 Å². The molecule has 2 heterocycles. The second-order valence-corrected chi connectivity index (χ2v) is 5.09. The fourth-order valence-electron chi connectivity index (χ4n) is 1.41. The summed E-state index contributed by atoms with van der Waals surface area (Å²) in [5, 5.41) is 9.66. The third kappa shape index (κ3) is 3.84. The number of nitrogen functional groups attached to an aromatic ring is 1. The topological polar surface area (TPSA) is 102 Å². The molecule has 0 fully saturated rings. The van der Waals surface area contributed by atoms with Gasteiger partial charge in [0.15, 0.2) is 0 Å². The van der Waals surface area contributed by atoms with E-state index in [-0.39, 0.29) is 5.60 Å². The van der Waals surface area contributed by atoms with Gasteiger partial charge in [-0.2, -0.15) is 10.1 Å². The van der Waals surface area contributed by atoms with Gasteiger partial charge >= 0.3 is 0 Å². The van der Waals surface area contributed by atoms with Gasteiger partial charge < -0.3 is 15.8 Å². The van der Waals surface area contributed by atoms with Crippen molar-refractivity contribution >= 4 is 11.5 Å². The van der Waals surface area contributed by atoms with E-state index in [1.807, 2.05) is 20.8 Å². The van der Waals surface area contributed by atoms with E-state index in [4.69, 9.17) is 10.5 Å². The number of pyridine rings is 1. The normalized spacial score (nSPS) is 11.3. The molecule has 4 N–H and O–H groups in total. The van der Waals surface area contributed by atoms with Crippen molar-refractivity contribution in [2.24, 2.45) is 0 Å². The Bertz CT molecular complexity index is 532. The molecule has 0 aliphatic carbocycles. The molecular weight excluding hydrogens is 244 g/mol. The molecule has 2 aromatic rings. The summed E-state index contributed by atoms with van der Waals surface area (Å²) in [5.74, 6) is 1.83. The highest BCUT2D eigenvalue weighted by Gasteiger charge is 2.15. The van der Waals surface area contributed by atoms with Crippen LogP contribution in [0.5, 0.6) is 5.88 Å². The first-order valence-corrected chi connectivity index (χ1v) is 5.98. The summed E-state index contributed by atoms with van der Waals surface area (Å²) in [6, 6.07) is 3.55. The van der Waals surface area contributed by atoms with Crippen LogP contribution in [0.25, 0.3) is 0 Å². The van der Waals surface area contributed by atoms with Crippen LogP contribution in [0.2, 0.25) is 0 Å². The Morgan fingerprint density at radius 2 is 2.16 bits per heavy atom. The van der Waals surface area contributed by atoms with Gasteiger partial charge in [-0.25, -0.2) is 4.98 Å². The lowest BCUT2D eigenvalue weighted by atomic mass is 10.2. The molecule has 102 valence electrons. The van der Waals surface area contributed by atoms with Crippen molar-refractivity contribution in [3.8, 4) is 5.88 Å². The van der Waals surface area contributed by atoms with Gasteiger partial charge in [0.1, 0.15) is 23.6 Å². The van der Waals surface area contributed by atoms with Crippen molar-refractivity contribution in [1.29, 1.82) is 0 Å². The molecule has 7 heteroatoms. The van der Waals surface area contributed by atoms with E-state index in [0.717, 1.165) is 5.82 Å². The van der Waals surface area contributed by atoms with E-state index in [2.05, 4.69) is 25.5 Å². The third-order valence-corrected chi connectivity index (χ3v) is 2.19.